The highest BCUT2D eigenvalue weighted by molar-refractivity contribution is 5.97. The summed E-state index contributed by atoms with van der Waals surface area (Å²) in [6.45, 7) is 9.67. The van der Waals surface area contributed by atoms with Crippen molar-refractivity contribution in [3.8, 4) is 0 Å². The van der Waals surface area contributed by atoms with E-state index in [9.17, 15) is 14.4 Å². The number of likely N-dealkylation sites (N-methyl/N-ethyl adjacent to an activating group) is 1. The third kappa shape index (κ3) is 7.40. The fraction of sp³-hybridized carbons (Fsp3) is 0.531. The molecule has 0 spiro atoms. The number of nitrogens with zero attached hydrogens (tertiary/aromatic N) is 2. The smallest absolute Gasteiger partial charge is 0.320 e. The van der Waals surface area contributed by atoms with Crippen LogP contribution in [0.1, 0.15) is 81.0 Å². The predicted octanol–water partition coefficient (Wildman–Crippen LogP) is 6.05. The molecule has 7 heteroatoms. The Morgan fingerprint density at radius 1 is 1.05 bits per heavy atom. The van der Waals surface area contributed by atoms with Crippen molar-refractivity contribution in [2.75, 3.05) is 25.5 Å². The van der Waals surface area contributed by atoms with Gasteiger partial charge >= 0.3 is 12.0 Å². The summed E-state index contributed by atoms with van der Waals surface area (Å²) in [6, 6.07) is 14.2. The second kappa shape index (κ2) is 12.2. The quantitative estimate of drug-likeness (QED) is 0.398. The average molecular weight is 534 g/mol. The summed E-state index contributed by atoms with van der Waals surface area (Å²) in [5.41, 5.74) is 4.39. The highest BCUT2D eigenvalue weighted by Crippen LogP contribution is 2.38. The lowest BCUT2D eigenvalue weighted by Gasteiger charge is -2.25. The molecular formula is C32H43N3O4. The zero-order chi connectivity index (χ0) is 28.2. The Labute approximate surface area is 232 Å². The molecule has 2 fully saturated rings. The zero-order valence-corrected chi connectivity index (χ0v) is 24.1. The van der Waals surface area contributed by atoms with E-state index in [0.29, 0.717) is 25.3 Å². The highest BCUT2D eigenvalue weighted by Gasteiger charge is 2.32. The average Bonchev–Trinajstić information content (AvgIpc) is 3.51. The van der Waals surface area contributed by atoms with Crippen molar-refractivity contribution in [1.29, 1.82) is 0 Å². The van der Waals surface area contributed by atoms with Crippen LogP contribution in [0.2, 0.25) is 0 Å². The molecule has 4 rings (SSSR count). The molecule has 0 aromatic heterocycles. The van der Waals surface area contributed by atoms with Gasteiger partial charge in [0, 0.05) is 38.8 Å². The number of aryl methyl sites for hydroxylation is 1. The Morgan fingerprint density at radius 2 is 1.74 bits per heavy atom. The summed E-state index contributed by atoms with van der Waals surface area (Å²) >= 11 is 0. The number of rotatable bonds is 9. The van der Waals surface area contributed by atoms with Crippen molar-refractivity contribution in [3.05, 3.63) is 64.7 Å². The monoisotopic (exact) mass is 533 g/mol. The van der Waals surface area contributed by atoms with Gasteiger partial charge in [0.2, 0.25) is 5.91 Å². The van der Waals surface area contributed by atoms with E-state index < -0.39 is 5.60 Å². The minimum Gasteiger partial charge on any atom is -0.460 e. The zero-order valence-electron chi connectivity index (χ0n) is 24.1. The molecule has 2 aliphatic rings. The number of carbonyl (C=O) groups excluding carboxylic acids is 3. The number of nitrogens with one attached hydrogen (secondary N) is 1. The van der Waals surface area contributed by atoms with E-state index in [1.165, 1.54) is 0 Å². The lowest BCUT2D eigenvalue weighted by molar-refractivity contribution is -0.154. The fourth-order valence-corrected chi connectivity index (χ4v) is 5.76. The van der Waals surface area contributed by atoms with Crippen LogP contribution >= 0.6 is 0 Å². The molecule has 1 saturated carbocycles. The van der Waals surface area contributed by atoms with Crippen LogP contribution < -0.4 is 5.32 Å². The van der Waals surface area contributed by atoms with Crippen molar-refractivity contribution in [2.45, 2.75) is 84.3 Å². The first kappa shape index (κ1) is 28.7. The van der Waals surface area contributed by atoms with Gasteiger partial charge in [-0.1, -0.05) is 49.2 Å². The first-order valence-corrected chi connectivity index (χ1v) is 14.2. The minimum atomic E-state index is -0.502. The topological polar surface area (TPSA) is 79.0 Å². The number of hydrogen-bond donors (Lipinski definition) is 1. The molecule has 1 unspecified atom stereocenters. The van der Waals surface area contributed by atoms with Crippen molar-refractivity contribution in [3.63, 3.8) is 0 Å². The predicted molar refractivity (Wildman–Crippen MR) is 154 cm³/mol. The summed E-state index contributed by atoms with van der Waals surface area (Å²) in [6.07, 6.45) is 5.25. The van der Waals surface area contributed by atoms with E-state index in [0.717, 1.165) is 66.7 Å². The van der Waals surface area contributed by atoms with Crippen molar-refractivity contribution >= 4 is 23.6 Å². The number of esters is 1. The normalized spacial score (nSPS) is 17.0. The first-order valence-electron chi connectivity index (χ1n) is 14.2. The van der Waals surface area contributed by atoms with E-state index in [-0.39, 0.29) is 23.8 Å². The van der Waals surface area contributed by atoms with Gasteiger partial charge in [-0.15, -0.1) is 0 Å². The van der Waals surface area contributed by atoms with Gasteiger partial charge in [0.15, 0.2) is 0 Å². The van der Waals surface area contributed by atoms with Gasteiger partial charge in [0.25, 0.3) is 0 Å². The van der Waals surface area contributed by atoms with Gasteiger partial charge in [-0.25, -0.2) is 4.79 Å². The van der Waals surface area contributed by atoms with Crippen LogP contribution in [0.15, 0.2) is 42.5 Å². The Bertz CT molecular complexity index is 1180. The summed E-state index contributed by atoms with van der Waals surface area (Å²) < 4.78 is 5.46. The van der Waals surface area contributed by atoms with Gasteiger partial charge in [-0.3, -0.25) is 9.59 Å². The molecule has 3 amide bonds. The molecule has 39 heavy (non-hydrogen) atoms. The van der Waals surface area contributed by atoms with E-state index in [1.54, 1.807) is 4.90 Å². The maximum atomic E-state index is 13.8. The van der Waals surface area contributed by atoms with Gasteiger partial charge < -0.3 is 19.9 Å². The van der Waals surface area contributed by atoms with Gasteiger partial charge in [-0.2, -0.15) is 0 Å². The van der Waals surface area contributed by atoms with Crippen LogP contribution in [0.25, 0.3) is 0 Å². The third-order valence-corrected chi connectivity index (χ3v) is 7.89. The van der Waals surface area contributed by atoms with Gasteiger partial charge in [0.05, 0.1) is 5.92 Å². The molecule has 0 bridgehead atoms. The fourth-order valence-electron chi connectivity index (χ4n) is 5.76. The van der Waals surface area contributed by atoms with Crippen LogP contribution in [0.4, 0.5) is 10.5 Å². The number of anilines is 1. The number of carbonyl (C=O) groups is 3. The Hall–Kier alpha value is -3.35. The molecule has 1 atom stereocenters. The van der Waals surface area contributed by atoms with Crippen LogP contribution in [-0.4, -0.2) is 53.4 Å². The van der Waals surface area contributed by atoms with E-state index in [1.807, 2.05) is 57.8 Å². The molecule has 2 aromatic rings. The molecule has 1 saturated heterocycles. The molecule has 2 aromatic carbocycles. The molecule has 7 nitrogen and oxygen atoms in total. The maximum absolute atomic E-state index is 13.8. The lowest BCUT2D eigenvalue weighted by Crippen LogP contribution is -2.29. The number of ether oxygens (including phenoxy) is 1. The molecular weight excluding hydrogens is 490 g/mol. The van der Waals surface area contributed by atoms with E-state index >= 15 is 0 Å². The molecule has 1 aliphatic carbocycles. The molecule has 210 valence electrons. The first-order chi connectivity index (χ1) is 18.5. The number of amides is 3. The second-order valence-electron chi connectivity index (χ2n) is 12.1. The van der Waals surface area contributed by atoms with Crippen molar-refractivity contribution in [1.82, 2.24) is 9.80 Å². The number of urea groups is 1. The molecule has 1 N–H and O–H groups in total. The number of hydrogen-bond acceptors (Lipinski definition) is 4. The van der Waals surface area contributed by atoms with Crippen molar-refractivity contribution in [2.24, 2.45) is 5.92 Å². The number of benzene rings is 2. The van der Waals surface area contributed by atoms with Crippen molar-refractivity contribution < 1.29 is 19.1 Å². The third-order valence-electron chi connectivity index (χ3n) is 7.89. The molecule has 1 aliphatic heterocycles. The maximum Gasteiger partial charge on any atom is 0.320 e. The Kier molecular flexibility index (Phi) is 8.98. The highest BCUT2D eigenvalue weighted by atomic mass is 16.6. The molecule has 1 heterocycles. The largest absolute Gasteiger partial charge is 0.460 e. The van der Waals surface area contributed by atoms with E-state index in [4.69, 9.17) is 4.74 Å². The van der Waals surface area contributed by atoms with Crippen LogP contribution in [-0.2, 0) is 27.3 Å². The standard InChI is InChI=1S/C32H43N3O4/c1-22-24(17-18-28(36)39-32(2,3)4)11-8-12-27(22)33-30(37)29(25-9-6-7-10-25)26-15-13-23(14-16-26)21-35-20-19-34(5)31(35)38/h8,11-16,25,29H,6-7,9-10,17-21H2,1-5H3,(H,33,37). The van der Waals surface area contributed by atoms with Crippen LogP contribution in [0.3, 0.4) is 0 Å². The van der Waals surface area contributed by atoms with E-state index in [2.05, 4.69) is 29.6 Å². The Morgan fingerprint density at radius 3 is 2.36 bits per heavy atom. The summed E-state index contributed by atoms with van der Waals surface area (Å²) in [5, 5.41) is 3.22. The second-order valence-corrected chi connectivity index (χ2v) is 12.1. The van der Waals surface area contributed by atoms with Gasteiger partial charge in [-0.05, 0) is 81.2 Å². The Balaban J connectivity index is 1.46. The SMILES string of the molecule is Cc1c(CCC(=O)OC(C)(C)C)cccc1NC(=O)C(c1ccc(CN2CCN(C)C2=O)cc1)C1CCCC1. The summed E-state index contributed by atoms with van der Waals surface area (Å²) in [7, 11) is 1.83. The summed E-state index contributed by atoms with van der Waals surface area (Å²) in [5.74, 6) is -0.133. The lowest BCUT2D eigenvalue weighted by atomic mass is 9.83. The molecule has 0 radical (unpaired) electrons. The van der Waals surface area contributed by atoms with Gasteiger partial charge in [0.1, 0.15) is 5.60 Å². The van der Waals surface area contributed by atoms with Crippen LogP contribution in [0, 0.1) is 12.8 Å². The minimum absolute atomic E-state index is 0.0124. The van der Waals surface area contributed by atoms with Crippen LogP contribution in [0.5, 0.6) is 0 Å². The summed E-state index contributed by atoms with van der Waals surface area (Å²) in [4.78, 5) is 41.9.